The van der Waals surface area contributed by atoms with Gasteiger partial charge in [0.1, 0.15) is 5.76 Å². The lowest BCUT2D eigenvalue weighted by Crippen LogP contribution is -2.23. The Balaban J connectivity index is 2.09. The van der Waals surface area contributed by atoms with Crippen LogP contribution in [0.3, 0.4) is 0 Å². The van der Waals surface area contributed by atoms with E-state index in [1.165, 1.54) is 6.07 Å². The van der Waals surface area contributed by atoms with Gasteiger partial charge in [-0.25, -0.2) is 13.1 Å². The lowest BCUT2D eigenvalue weighted by molar-refractivity contribution is 0.404. The predicted octanol–water partition coefficient (Wildman–Crippen LogP) is 2.24. The summed E-state index contributed by atoms with van der Waals surface area (Å²) in [5.41, 5.74) is 0.859. The van der Waals surface area contributed by atoms with Crippen LogP contribution >= 0.6 is 15.9 Å². The van der Waals surface area contributed by atoms with Crippen molar-refractivity contribution in [2.75, 3.05) is 7.05 Å². The third-order valence-electron chi connectivity index (χ3n) is 2.66. The number of hydrogen-bond acceptors (Lipinski definition) is 4. The van der Waals surface area contributed by atoms with Crippen LogP contribution in [0.25, 0.3) is 0 Å². The summed E-state index contributed by atoms with van der Waals surface area (Å²) in [6, 6.07) is 10.5. The molecule has 0 atom stereocenters. The van der Waals surface area contributed by atoms with Crippen molar-refractivity contribution in [2.45, 2.75) is 18.2 Å². The van der Waals surface area contributed by atoms with Gasteiger partial charge in [0.05, 0.1) is 6.54 Å². The molecule has 0 fully saturated rings. The third-order valence-corrected chi connectivity index (χ3v) is 4.71. The molecule has 0 saturated carbocycles. The highest BCUT2D eigenvalue weighted by atomic mass is 79.9. The topological polar surface area (TPSA) is 71.3 Å². The number of furan rings is 1. The highest BCUT2D eigenvalue weighted by Crippen LogP contribution is 2.18. The molecule has 0 amide bonds. The zero-order valence-corrected chi connectivity index (χ0v) is 13.3. The zero-order valence-electron chi connectivity index (χ0n) is 10.9. The first-order valence-electron chi connectivity index (χ1n) is 5.99. The van der Waals surface area contributed by atoms with Crippen LogP contribution in [0.15, 0.2) is 50.4 Å². The number of sulfonamides is 1. The average molecular weight is 359 g/mol. The monoisotopic (exact) mass is 358 g/mol. The minimum absolute atomic E-state index is 0.0743. The molecule has 2 N–H and O–H groups in total. The van der Waals surface area contributed by atoms with Gasteiger partial charge in [-0.2, -0.15) is 0 Å². The van der Waals surface area contributed by atoms with E-state index in [1.54, 1.807) is 13.1 Å². The van der Waals surface area contributed by atoms with Crippen molar-refractivity contribution in [3.05, 3.63) is 52.2 Å². The molecule has 0 spiro atoms. The molecule has 0 unspecified atom stereocenters. The number of benzene rings is 1. The molecule has 108 valence electrons. The zero-order chi connectivity index (χ0) is 14.6. The number of hydrogen-bond donors (Lipinski definition) is 2. The van der Waals surface area contributed by atoms with Crippen LogP contribution in [0.1, 0.15) is 11.3 Å². The van der Waals surface area contributed by atoms with Crippen LogP contribution in [0.2, 0.25) is 0 Å². The van der Waals surface area contributed by atoms with E-state index in [-0.39, 0.29) is 11.6 Å². The van der Waals surface area contributed by atoms with Crippen LogP contribution in [0.4, 0.5) is 0 Å². The molecule has 20 heavy (non-hydrogen) atoms. The maximum atomic E-state index is 12.1. The molecule has 0 aliphatic rings. The highest BCUT2D eigenvalue weighted by molar-refractivity contribution is 9.10. The molecular formula is C13H15BrN2O3S. The SMILES string of the molecule is CNCc1ccc(S(=O)(=O)NCc2ccccc2Br)o1. The van der Waals surface area contributed by atoms with E-state index >= 15 is 0 Å². The van der Waals surface area contributed by atoms with Crippen LogP contribution < -0.4 is 10.0 Å². The van der Waals surface area contributed by atoms with E-state index in [2.05, 4.69) is 26.0 Å². The molecule has 5 nitrogen and oxygen atoms in total. The van der Waals surface area contributed by atoms with Gasteiger partial charge in [0, 0.05) is 11.0 Å². The van der Waals surface area contributed by atoms with Crippen LogP contribution in [0.5, 0.6) is 0 Å². The van der Waals surface area contributed by atoms with Crippen molar-refractivity contribution in [1.82, 2.24) is 10.0 Å². The molecule has 0 saturated heterocycles. The van der Waals surface area contributed by atoms with E-state index in [9.17, 15) is 8.42 Å². The van der Waals surface area contributed by atoms with Gasteiger partial charge >= 0.3 is 0 Å². The molecule has 0 aliphatic heterocycles. The molecule has 7 heteroatoms. The van der Waals surface area contributed by atoms with Gasteiger partial charge in [-0.1, -0.05) is 34.1 Å². The molecular weight excluding hydrogens is 344 g/mol. The van der Waals surface area contributed by atoms with Crippen molar-refractivity contribution in [2.24, 2.45) is 0 Å². The minimum atomic E-state index is -3.64. The molecule has 2 aromatic rings. The Kier molecular flexibility index (Phi) is 4.98. The van der Waals surface area contributed by atoms with E-state index < -0.39 is 10.0 Å². The Morgan fingerprint density at radius 1 is 1.15 bits per heavy atom. The van der Waals surface area contributed by atoms with Gasteiger partial charge in [0.15, 0.2) is 0 Å². The van der Waals surface area contributed by atoms with Crippen molar-refractivity contribution in [3.63, 3.8) is 0 Å². The van der Waals surface area contributed by atoms with Gasteiger partial charge in [-0.15, -0.1) is 0 Å². The van der Waals surface area contributed by atoms with Crippen LogP contribution in [-0.4, -0.2) is 15.5 Å². The fourth-order valence-electron chi connectivity index (χ4n) is 1.66. The van der Waals surface area contributed by atoms with Gasteiger partial charge < -0.3 is 9.73 Å². The maximum absolute atomic E-state index is 12.1. The van der Waals surface area contributed by atoms with Gasteiger partial charge in [0.25, 0.3) is 10.0 Å². The standard InChI is InChI=1S/C13H15BrN2O3S/c1-15-9-11-6-7-13(19-11)20(17,18)16-8-10-4-2-3-5-12(10)14/h2-7,15-16H,8-9H2,1H3. The van der Waals surface area contributed by atoms with Crippen molar-refractivity contribution >= 4 is 26.0 Å². The Morgan fingerprint density at radius 2 is 1.90 bits per heavy atom. The number of nitrogens with one attached hydrogen (secondary N) is 2. The number of halogens is 1. The minimum Gasteiger partial charge on any atom is -0.447 e. The summed E-state index contributed by atoms with van der Waals surface area (Å²) in [6.45, 7) is 0.686. The molecule has 0 aliphatic carbocycles. The van der Waals surface area contributed by atoms with E-state index in [4.69, 9.17) is 4.42 Å². The largest absolute Gasteiger partial charge is 0.447 e. The predicted molar refractivity (Wildman–Crippen MR) is 79.6 cm³/mol. The van der Waals surface area contributed by atoms with Crippen molar-refractivity contribution in [1.29, 1.82) is 0 Å². The number of rotatable bonds is 6. The summed E-state index contributed by atoms with van der Waals surface area (Å²) in [6.07, 6.45) is 0. The fourth-order valence-corrected chi connectivity index (χ4v) is 3.03. The Morgan fingerprint density at radius 3 is 2.60 bits per heavy atom. The molecule has 1 aromatic heterocycles. The van der Waals surface area contributed by atoms with E-state index in [1.807, 2.05) is 24.3 Å². The molecule has 2 rings (SSSR count). The lowest BCUT2D eigenvalue weighted by atomic mass is 10.2. The van der Waals surface area contributed by atoms with E-state index in [0.717, 1.165) is 10.0 Å². The van der Waals surface area contributed by atoms with Crippen LogP contribution in [-0.2, 0) is 23.1 Å². The van der Waals surface area contributed by atoms with Crippen molar-refractivity contribution < 1.29 is 12.8 Å². The molecule has 1 aromatic carbocycles. The summed E-state index contributed by atoms with van der Waals surface area (Å²) in [5.74, 6) is 0.578. The summed E-state index contributed by atoms with van der Waals surface area (Å²) < 4.78 is 32.8. The first-order chi connectivity index (χ1) is 9.53. The summed E-state index contributed by atoms with van der Waals surface area (Å²) in [7, 11) is -1.87. The third kappa shape index (κ3) is 3.69. The Labute approximate surface area is 126 Å². The molecule has 1 heterocycles. The smallest absolute Gasteiger partial charge is 0.274 e. The maximum Gasteiger partial charge on any atom is 0.274 e. The summed E-state index contributed by atoms with van der Waals surface area (Å²) in [4.78, 5) is 0. The molecule has 0 bridgehead atoms. The summed E-state index contributed by atoms with van der Waals surface area (Å²) >= 11 is 3.38. The second kappa shape index (κ2) is 6.53. The van der Waals surface area contributed by atoms with E-state index in [0.29, 0.717) is 12.3 Å². The summed E-state index contributed by atoms with van der Waals surface area (Å²) in [5, 5.41) is 2.82. The average Bonchev–Trinajstić information content (AvgIpc) is 2.88. The Bertz CT molecular complexity index is 682. The van der Waals surface area contributed by atoms with Gasteiger partial charge in [-0.05, 0) is 30.8 Å². The quantitative estimate of drug-likeness (QED) is 0.830. The van der Waals surface area contributed by atoms with Crippen molar-refractivity contribution in [3.8, 4) is 0 Å². The normalized spacial score (nSPS) is 11.7. The highest BCUT2D eigenvalue weighted by Gasteiger charge is 2.18. The first-order valence-corrected chi connectivity index (χ1v) is 8.27. The van der Waals surface area contributed by atoms with Crippen LogP contribution in [0, 0.1) is 0 Å². The fraction of sp³-hybridized carbons (Fsp3) is 0.231. The van der Waals surface area contributed by atoms with Gasteiger partial charge in [-0.3, -0.25) is 0 Å². The lowest BCUT2D eigenvalue weighted by Gasteiger charge is -2.06. The van der Waals surface area contributed by atoms with Gasteiger partial charge in [0.2, 0.25) is 5.09 Å². The molecule has 0 radical (unpaired) electrons. The second-order valence-corrected chi connectivity index (χ2v) is 6.72. The second-order valence-electron chi connectivity index (χ2n) is 4.17. The Hall–Kier alpha value is -1.15. The first kappa shape index (κ1) is 15.2.